The van der Waals surface area contributed by atoms with Gasteiger partial charge in [-0.3, -0.25) is 4.79 Å². The van der Waals surface area contributed by atoms with Gasteiger partial charge in [-0.15, -0.1) is 5.48 Å². The van der Waals surface area contributed by atoms with Crippen molar-refractivity contribution >= 4 is 22.8 Å². The van der Waals surface area contributed by atoms with E-state index in [0.717, 1.165) is 38.9 Å². The first kappa shape index (κ1) is 22.8. The van der Waals surface area contributed by atoms with Gasteiger partial charge in [0.25, 0.3) is 0 Å². The number of likely N-dealkylation sites (tertiary alicyclic amines) is 1. The van der Waals surface area contributed by atoms with Crippen molar-refractivity contribution < 1.29 is 14.4 Å². The fraction of sp³-hybridized carbons (Fsp3) is 0.600. The Hall–Kier alpha value is -2.38. The third kappa shape index (κ3) is 4.84. The molecule has 2 aliphatic heterocycles. The minimum Gasteiger partial charge on any atom is -0.370 e. The molecular formula is C25H36N4O3. The highest BCUT2D eigenvalue weighted by Crippen LogP contribution is 2.30. The van der Waals surface area contributed by atoms with Crippen molar-refractivity contribution in [3.8, 4) is 0 Å². The number of hydrogen-bond acceptors (Lipinski definition) is 5. The normalized spacial score (nSPS) is 18.1. The summed E-state index contributed by atoms with van der Waals surface area (Å²) in [5.41, 5.74) is 6.42. The van der Waals surface area contributed by atoms with Crippen molar-refractivity contribution in [1.29, 1.82) is 0 Å². The fourth-order valence-corrected chi connectivity index (χ4v) is 4.69. The molecule has 3 heterocycles. The van der Waals surface area contributed by atoms with E-state index in [4.69, 9.17) is 4.84 Å². The number of hydrogen-bond donors (Lipinski definition) is 1. The number of nitrogens with one attached hydrogen (secondary N) is 1. The molecule has 2 aliphatic rings. The molecule has 7 heteroatoms. The van der Waals surface area contributed by atoms with Crippen LogP contribution >= 0.6 is 0 Å². The average molecular weight is 441 g/mol. The first-order chi connectivity index (χ1) is 15.2. The van der Waals surface area contributed by atoms with Crippen molar-refractivity contribution in [3.05, 3.63) is 35.5 Å². The largest absolute Gasteiger partial charge is 0.370 e. The van der Waals surface area contributed by atoms with Crippen LogP contribution in [0.25, 0.3) is 10.9 Å². The number of aryl methyl sites for hydroxylation is 1. The summed E-state index contributed by atoms with van der Waals surface area (Å²) in [6.45, 7) is 9.64. The standard InChI is InChI=1S/C25H36N4O3/c1-25(2,3)24(31)32-26-18-9-14-28(15-10-18)23(30)12-16-29-21-8-6-5-7-19(21)20-17-27(4)13-11-22(20)29/h5-8,18,26H,9-17H2,1-4H3. The lowest BCUT2D eigenvalue weighted by atomic mass is 9.98. The summed E-state index contributed by atoms with van der Waals surface area (Å²) in [6, 6.07) is 8.66. The molecule has 0 spiro atoms. The van der Waals surface area contributed by atoms with Gasteiger partial charge in [0.1, 0.15) is 0 Å². The topological polar surface area (TPSA) is 66.8 Å². The zero-order valence-corrected chi connectivity index (χ0v) is 19.8. The van der Waals surface area contributed by atoms with Crippen LogP contribution in [0.15, 0.2) is 24.3 Å². The van der Waals surface area contributed by atoms with Gasteiger partial charge in [-0.1, -0.05) is 18.2 Å². The lowest BCUT2D eigenvalue weighted by Crippen LogP contribution is -2.46. The van der Waals surface area contributed by atoms with Crippen LogP contribution in [0.4, 0.5) is 0 Å². The third-order valence-corrected chi connectivity index (χ3v) is 6.68. The van der Waals surface area contributed by atoms with Crippen LogP contribution in [0.2, 0.25) is 0 Å². The Kier molecular flexibility index (Phi) is 6.58. The Balaban J connectivity index is 1.33. The van der Waals surface area contributed by atoms with E-state index >= 15 is 0 Å². The summed E-state index contributed by atoms with van der Waals surface area (Å²) in [7, 11) is 2.17. The van der Waals surface area contributed by atoms with Crippen LogP contribution in [0, 0.1) is 5.41 Å². The number of fused-ring (bicyclic) bond motifs is 3. The first-order valence-corrected chi connectivity index (χ1v) is 11.8. The Labute approximate surface area is 190 Å². The predicted octanol–water partition coefficient (Wildman–Crippen LogP) is 3.10. The second kappa shape index (κ2) is 9.24. The maximum absolute atomic E-state index is 13.0. The summed E-state index contributed by atoms with van der Waals surface area (Å²) in [5.74, 6) is -0.0564. The number of nitrogens with zero attached hydrogens (tertiary/aromatic N) is 3. The molecular weight excluding hydrogens is 404 g/mol. The minimum absolute atomic E-state index is 0.0998. The van der Waals surface area contributed by atoms with E-state index < -0.39 is 5.41 Å². The van der Waals surface area contributed by atoms with Crippen LogP contribution in [0.1, 0.15) is 51.3 Å². The van der Waals surface area contributed by atoms with Crippen molar-refractivity contribution in [2.24, 2.45) is 5.41 Å². The van der Waals surface area contributed by atoms with Gasteiger partial charge in [0, 0.05) is 68.2 Å². The molecule has 1 N–H and O–H groups in total. The monoisotopic (exact) mass is 440 g/mol. The van der Waals surface area contributed by atoms with E-state index in [1.807, 2.05) is 25.7 Å². The number of hydroxylamine groups is 1. The Morgan fingerprint density at radius 1 is 1.12 bits per heavy atom. The maximum Gasteiger partial charge on any atom is 0.329 e. The molecule has 4 rings (SSSR count). The van der Waals surface area contributed by atoms with Gasteiger partial charge >= 0.3 is 5.97 Å². The number of rotatable bonds is 5. The number of likely N-dealkylation sites (N-methyl/N-ethyl adjacent to an activating group) is 1. The highest BCUT2D eigenvalue weighted by Gasteiger charge is 2.28. The fourth-order valence-electron chi connectivity index (χ4n) is 4.69. The Morgan fingerprint density at radius 3 is 2.56 bits per heavy atom. The molecule has 0 aliphatic carbocycles. The highest BCUT2D eigenvalue weighted by molar-refractivity contribution is 5.86. The molecule has 174 valence electrons. The molecule has 0 saturated carbocycles. The van der Waals surface area contributed by atoms with Gasteiger partial charge in [-0.05, 0) is 52.3 Å². The number of carbonyl (C=O) groups excluding carboxylic acids is 2. The molecule has 1 aromatic heterocycles. The molecule has 7 nitrogen and oxygen atoms in total. The van der Waals surface area contributed by atoms with Gasteiger partial charge in [0.15, 0.2) is 0 Å². The molecule has 0 unspecified atom stereocenters. The number of amides is 1. The van der Waals surface area contributed by atoms with E-state index in [-0.39, 0.29) is 17.9 Å². The summed E-state index contributed by atoms with van der Waals surface area (Å²) >= 11 is 0. The van der Waals surface area contributed by atoms with Gasteiger partial charge in [-0.25, -0.2) is 4.79 Å². The predicted molar refractivity (Wildman–Crippen MR) is 125 cm³/mol. The maximum atomic E-state index is 13.0. The molecule has 0 radical (unpaired) electrons. The number of benzene rings is 1. The first-order valence-electron chi connectivity index (χ1n) is 11.8. The Morgan fingerprint density at radius 2 is 1.84 bits per heavy atom. The molecule has 1 amide bonds. The summed E-state index contributed by atoms with van der Waals surface area (Å²) in [6.07, 6.45) is 3.12. The molecule has 2 aromatic rings. The van der Waals surface area contributed by atoms with Crippen LogP contribution < -0.4 is 5.48 Å². The lowest BCUT2D eigenvalue weighted by molar-refractivity contribution is -0.163. The van der Waals surface area contributed by atoms with Crippen molar-refractivity contribution in [2.75, 3.05) is 26.7 Å². The smallest absolute Gasteiger partial charge is 0.329 e. The number of carbonyl (C=O) groups is 2. The van der Waals surface area contributed by atoms with E-state index in [1.54, 1.807) is 0 Å². The second-order valence-corrected chi connectivity index (χ2v) is 10.2. The molecule has 1 saturated heterocycles. The van der Waals surface area contributed by atoms with Crippen molar-refractivity contribution in [3.63, 3.8) is 0 Å². The summed E-state index contributed by atoms with van der Waals surface area (Å²) in [4.78, 5) is 34.4. The van der Waals surface area contributed by atoms with Crippen LogP contribution in [-0.2, 0) is 33.9 Å². The second-order valence-electron chi connectivity index (χ2n) is 10.2. The number of para-hydroxylation sites is 1. The number of aromatic nitrogens is 1. The summed E-state index contributed by atoms with van der Waals surface area (Å²) in [5, 5.41) is 1.32. The Bertz CT molecular complexity index is 983. The zero-order chi connectivity index (χ0) is 22.9. The van der Waals surface area contributed by atoms with Gasteiger partial charge in [-0.2, -0.15) is 0 Å². The van der Waals surface area contributed by atoms with E-state index in [1.165, 1.54) is 22.2 Å². The lowest BCUT2D eigenvalue weighted by Gasteiger charge is -2.32. The van der Waals surface area contributed by atoms with E-state index in [2.05, 4.69) is 46.3 Å². The molecule has 0 bridgehead atoms. The third-order valence-electron chi connectivity index (χ3n) is 6.68. The van der Waals surface area contributed by atoms with Gasteiger partial charge in [0.2, 0.25) is 5.91 Å². The highest BCUT2D eigenvalue weighted by atomic mass is 16.7. The molecule has 1 aromatic carbocycles. The number of piperidine rings is 1. The van der Waals surface area contributed by atoms with E-state index in [9.17, 15) is 9.59 Å². The van der Waals surface area contributed by atoms with Crippen LogP contribution in [0.3, 0.4) is 0 Å². The van der Waals surface area contributed by atoms with Crippen LogP contribution in [0.5, 0.6) is 0 Å². The SMILES string of the molecule is CN1CCc2c(c3ccccc3n2CCC(=O)N2CCC(NOC(=O)C(C)(C)C)CC2)C1. The van der Waals surface area contributed by atoms with Crippen molar-refractivity contribution in [1.82, 2.24) is 19.8 Å². The average Bonchev–Trinajstić information content (AvgIpc) is 3.08. The van der Waals surface area contributed by atoms with Gasteiger partial charge < -0.3 is 19.2 Å². The zero-order valence-electron chi connectivity index (χ0n) is 19.8. The minimum atomic E-state index is -0.527. The summed E-state index contributed by atoms with van der Waals surface area (Å²) < 4.78 is 2.37. The molecule has 0 atom stereocenters. The van der Waals surface area contributed by atoms with Gasteiger partial charge in [0.05, 0.1) is 5.41 Å². The molecule has 32 heavy (non-hydrogen) atoms. The molecule has 1 fully saturated rings. The van der Waals surface area contributed by atoms with Crippen molar-refractivity contribution in [2.45, 2.75) is 65.6 Å². The quantitative estimate of drug-likeness (QED) is 0.724. The van der Waals surface area contributed by atoms with Crippen LogP contribution in [-0.4, -0.2) is 59.0 Å². The van der Waals surface area contributed by atoms with E-state index in [0.29, 0.717) is 19.5 Å².